The van der Waals surface area contributed by atoms with Gasteiger partial charge in [-0.1, -0.05) is 17.7 Å². The van der Waals surface area contributed by atoms with E-state index in [9.17, 15) is 18.0 Å². The minimum atomic E-state index is -3.90. The van der Waals surface area contributed by atoms with Gasteiger partial charge in [0.1, 0.15) is 12.0 Å². The third-order valence-electron chi connectivity index (χ3n) is 4.56. The van der Waals surface area contributed by atoms with Crippen LogP contribution in [-0.4, -0.2) is 44.5 Å². The summed E-state index contributed by atoms with van der Waals surface area (Å²) >= 11 is 0. The highest BCUT2D eigenvalue weighted by Gasteiger charge is 2.17. The van der Waals surface area contributed by atoms with Crippen molar-refractivity contribution in [2.45, 2.75) is 11.8 Å². The maximum Gasteiger partial charge on any atom is 0.337 e. The van der Waals surface area contributed by atoms with Crippen LogP contribution in [0.2, 0.25) is 0 Å². The van der Waals surface area contributed by atoms with E-state index in [1.165, 1.54) is 44.6 Å². The minimum Gasteiger partial charge on any atom is -0.465 e. The summed E-state index contributed by atoms with van der Waals surface area (Å²) in [5.74, 6) is -1.27. The van der Waals surface area contributed by atoms with Gasteiger partial charge in [-0.05, 0) is 37.3 Å². The van der Waals surface area contributed by atoms with E-state index in [1.54, 1.807) is 12.1 Å². The van der Waals surface area contributed by atoms with E-state index in [0.717, 1.165) is 11.9 Å². The Morgan fingerprint density at radius 2 is 1.47 bits per heavy atom. The van der Waals surface area contributed by atoms with Crippen LogP contribution in [0.4, 0.5) is 23.0 Å². The number of sulfonamides is 1. The third-order valence-corrected chi connectivity index (χ3v) is 5.82. The summed E-state index contributed by atoms with van der Waals surface area (Å²) in [5.41, 5.74) is 9.90. The Labute approximate surface area is 195 Å². The fourth-order valence-electron chi connectivity index (χ4n) is 2.79. The van der Waals surface area contributed by atoms with Gasteiger partial charge in [0.2, 0.25) is 0 Å². The van der Waals surface area contributed by atoms with Crippen LogP contribution in [0.3, 0.4) is 0 Å². The number of hydrazine groups is 1. The number of hydrogen-bond donors (Lipinski definition) is 4. The maximum atomic E-state index is 12.5. The van der Waals surface area contributed by atoms with Crippen molar-refractivity contribution < 1.29 is 27.5 Å². The summed E-state index contributed by atoms with van der Waals surface area (Å²) in [7, 11) is -1.49. The third kappa shape index (κ3) is 5.57. The predicted molar refractivity (Wildman–Crippen MR) is 124 cm³/mol. The van der Waals surface area contributed by atoms with Gasteiger partial charge in [-0.15, -0.1) is 4.83 Å². The normalized spacial score (nSPS) is 10.9. The largest absolute Gasteiger partial charge is 0.465 e. The van der Waals surface area contributed by atoms with E-state index in [0.29, 0.717) is 0 Å². The summed E-state index contributed by atoms with van der Waals surface area (Å²) in [6.07, 6.45) is 1.15. The monoisotopic (exact) mass is 486 g/mol. The number of carbonyl (C=O) groups excluding carboxylic acids is 2. The van der Waals surface area contributed by atoms with Gasteiger partial charge in [-0.25, -0.2) is 28.0 Å². The molecule has 1 heterocycles. The van der Waals surface area contributed by atoms with Crippen molar-refractivity contribution in [2.24, 2.45) is 0 Å². The SMILES string of the molecule is COC(=O)c1cc(Nc2ncnc(NNS(=O)(=O)c3ccc(C)cc3)c2N)cc(C(=O)OC)c1. The van der Waals surface area contributed by atoms with Gasteiger partial charge in [0.25, 0.3) is 10.0 Å². The number of aromatic nitrogens is 2. The molecule has 0 spiro atoms. The van der Waals surface area contributed by atoms with E-state index in [4.69, 9.17) is 15.2 Å². The van der Waals surface area contributed by atoms with Crippen LogP contribution in [0, 0.1) is 6.92 Å². The lowest BCUT2D eigenvalue weighted by Gasteiger charge is -2.14. The number of benzene rings is 2. The van der Waals surface area contributed by atoms with Crippen LogP contribution < -0.4 is 21.3 Å². The molecule has 0 amide bonds. The fourth-order valence-corrected chi connectivity index (χ4v) is 3.64. The van der Waals surface area contributed by atoms with Gasteiger partial charge in [0, 0.05) is 5.69 Å². The van der Waals surface area contributed by atoms with Crippen molar-refractivity contribution in [2.75, 3.05) is 30.7 Å². The lowest BCUT2D eigenvalue weighted by Crippen LogP contribution is -2.30. The van der Waals surface area contributed by atoms with Crippen LogP contribution in [0.5, 0.6) is 0 Å². The van der Waals surface area contributed by atoms with Crippen molar-refractivity contribution >= 4 is 45.0 Å². The highest BCUT2D eigenvalue weighted by Crippen LogP contribution is 2.27. The zero-order valence-corrected chi connectivity index (χ0v) is 19.3. The summed E-state index contributed by atoms with van der Waals surface area (Å²) in [6.45, 7) is 1.84. The molecule has 0 aliphatic carbocycles. The molecular weight excluding hydrogens is 464 g/mol. The highest BCUT2D eigenvalue weighted by molar-refractivity contribution is 7.89. The first kappa shape index (κ1) is 24.4. The maximum absolute atomic E-state index is 12.5. The Morgan fingerprint density at radius 1 is 0.912 bits per heavy atom. The van der Waals surface area contributed by atoms with E-state index in [1.807, 2.05) is 6.92 Å². The molecule has 2 aromatic carbocycles. The van der Waals surface area contributed by atoms with Gasteiger partial charge >= 0.3 is 11.9 Å². The van der Waals surface area contributed by atoms with Crippen molar-refractivity contribution in [3.05, 3.63) is 65.5 Å². The Bertz CT molecular complexity index is 1290. The number of anilines is 4. The van der Waals surface area contributed by atoms with E-state index >= 15 is 0 Å². The molecule has 0 bridgehead atoms. The number of ether oxygens (including phenoxy) is 2. The average molecular weight is 487 g/mol. The number of rotatable bonds is 8. The molecule has 0 unspecified atom stereocenters. The number of aryl methyl sites for hydroxylation is 1. The van der Waals surface area contributed by atoms with Crippen molar-refractivity contribution in [3.63, 3.8) is 0 Å². The minimum absolute atomic E-state index is 0.0227. The Kier molecular flexibility index (Phi) is 7.28. The first-order chi connectivity index (χ1) is 16.1. The van der Waals surface area contributed by atoms with Crippen molar-refractivity contribution in [3.8, 4) is 0 Å². The number of carbonyl (C=O) groups is 2. The topological polar surface area (TPSA) is 175 Å². The van der Waals surface area contributed by atoms with Gasteiger partial charge in [-0.2, -0.15) is 0 Å². The van der Waals surface area contributed by atoms with Crippen molar-refractivity contribution in [1.29, 1.82) is 0 Å². The number of nitrogens with zero attached hydrogens (tertiary/aromatic N) is 2. The summed E-state index contributed by atoms with van der Waals surface area (Å²) in [4.78, 5) is 34.2. The van der Waals surface area contributed by atoms with Crippen LogP contribution >= 0.6 is 0 Å². The van der Waals surface area contributed by atoms with Crippen LogP contribution in [0.15, 0.2) is 53.7 Å². The molecule has 0 fully saturated rings. The van der Waals surface area contributed by atoms with Gasteiger partial charge < -0.3 is 20.5 Å². The smallest absolute Gasteiger partial charge is 0.337 e. The molecule has 5 N–H and O–H groups in total. The molecule has 0 saturated heterocycles. The summed E-state index contributed by atoms with van der Waals surface area (Å²) < 4.78 is 34.4. The molecule has 0 atom stereocenters. The quantitative estimate of drug-likeness (QED) is 0.271. The summed E-state index contributed by atoms with van der Waals surface area (Å²) in [6, 6.07) is 10.4. The molecular formula is C21H22N6O6S. The lowest BCUT2D eigenvalue weighted by atomic mass is 10.1. The van der Waals surface area contributed by atoms with E-state index in [-0.39, 0.29) is 39.0 Å². The van der Waals surface area contributed by atoms with E-state index < -0.39 is 22.0 Å². The second-order valence-electron chi connectivity index (χ2n) is 6.94. The van der Waals surface area contributed by atoms with Crippen LogP contribution in [-0.2, 0) is 19.5 Å². The average Bonchev–Trinajstić information content (AvgIpc) is 2.83. The van der Waals surface area contributed by atoms with E-state index in [2.05, 4.69) is 25.5 Å². The molecule has 13 heteroatoms. The Hall–Kier alpha value is -4.23. The number of nitrogen functional groups attached to an aromatic ring is 1. The zero-order valence-electron chi connectivity index (χ0n) is 18.4. The Morgan fingerprint density at radius 3 is 2.03 bits per heavy atom. The second-order valence-corrected chi connectivity index (χ2v) is 8.62. The van der Waals surface area contributed by atoms with Gasteiger partial charge in [0.05, 0.1) is 30.2 Å². The highest BCUT2D eigenvalue weighted by atomic mass is 32.2. The second kappa shape index (κ2) is 10.1. The molecule has 178 valence electrons. The number of nitrogens with one attached hydrogen (secondary N) is 3. The first-order valence-electron chi connectivity index (χ1n) is 9.68. The molecule has 0 saturated carbocycles. The van der Waals surface area contributed by atoms with Crippen LogP contribution in [0.1, 0.15) is 26.3 Å². The van der Waals surface area contributed by atoms with Gasteiger partial charge in [-0.3, -0.25) is 5.43 Å². The van der Waals surface area contributed by atoms with Gasteiger partial charge in [0.15, 0.2) is 11.6 Å². The lowest BCUT2D eigenvalue weighted by molar-refractivity contribution is 0.0599. The molecule has 0 aliphatic heterocycles. The molecule has 0 aliphatic rings. The molecule has 34 heavy (non-hydrogen) atoms. The first-order valence-corrected chi connectivity index (χ1v) is 11.2. The number of esters is 2. The Balaban J connectivity index is 1.85. The number of methoxy groups -OCH3 is 2. The summed E-state index contributed by atoms with van der Waals surface area (Å²) in [5, 5.41) is 2.88. The van der Waals surface area contributed by atoms with Crippen molar-refractivity contribution in [1.82, 2.24) is 14.8 Å². The molecule has 1 aromatic heterocycles. The molecule has 12 nitrogen and oxygen atoms in total. The van der Waals surface area contributed by atoms with Crippen LogP contribution in [0.25, 0.3) is 0 Å². The number of hydrogen-bond acceptors (Lipinski definition) is 11. The standard InChI is InChI=1S/C21H22N6O6S/c1-12-4-6-16(7-5-12)34(30,31)27-26-19-17(22)18(23-11-24-19)25-15-9-13(20(28)32-2)8-14(10-15)21(29)33-3/h4-11,27H,22H2,1-3H3,(H2,23,24,25,26). The molecule has 3 aromatic rings. The molecule has 3 rings (SSSR count). The fraction of sp³-hybridized carbons (Fsp3) is 0.143. The predicted octanol–water partition coefficient (Wildman–Crippen LogP) is 1.99. The zero-order chi connectivity index (χ0) is 24.9. The number of nitrogens with two attached hydrogens (primary N) is 1. The molecule has 0 radical (unpaired) electrons.